The van der Waals surface area contributed by atoms with Crippen LogP contribution in [0.15, 0.2) is 28.1 Å². The fourth-order valence-corrected chi connectivity index (χ4v) is 2.71. The lowest BCUT2D eigenvalue weighted by molar-refractivity contribution is -0.137. The normalized spacial score (nSPS) is 12.3. The first-order valence-electron chi connectivity index (χ1n) is 3.72. The molecular formula is C9H4BrF3S. The van der Waals surface area contributed by atoms with Crippen LogP contribution in [0.4, 0.5) is 13.2 Å². The maximum atomic E-state index is 12.3. The highest BCUT2D eigenvalue weighted by Crippen LogP contribution is 2.36. The number of alkyl halides is 3. The van der Waals surface area contributed by atoms with Gasteiger partial charge in [-0.05, 0) is 34.1 Å². The molecule has 0 aliphatic rings. The van der Waals surface area contributed by atoms with E-state index in [0.717, 1.165) is 16.8 Å². The third kappa shape index (κ3) is 1.66. The van der Waals surface area contributed by atoms with Gasteiger partial charge in [-0.1, -0.05) is 0 Å². The summed E-state index contributed by atoms with van der Waals surface area (Å²) in [5, 5.41) is 2.40. The van der Waals surface area contributed by atoms with E-state index in [1.807, 2.05) is 0 Å². The molecule has 0 aliphatic carbocycles. The summed E-state index contributed by atoms with van der Waals surface area (Å²) in [4.78, 5) is 0. The molecule has 2 aromatic rings. The minimum Gasteiger partial charge on any atom is -0.166 e. The molecule has 0 bridgehead atoms. The number of hydrogen-bond acceptors (Lipinski definition) is 1. The minimum atomic E-state index is -4.27. The lowest BCUT2D eigenvalue weighted by Crippen LogP contribution is -2.03. The fourth-order valence-electron chi connectivity index (χ4n) is 1.17. The summed E-state index contributed by atoms with van der Waals surface area (Å²) in [6.45, 7) is 0. The maximum absolute atomic E-state index is 12.3. The van der Waals surface area contributed by atoms with Crippen LogP contribution >= 0.6 is 27.3 Å². The first kappa shape index (κ1) is 9.98. The van der Waals surface area contributed by atoms with Gasteiger partial charge in [-0.15, -0.1) is 11.3 Å². The molecule has 0 fully saturated rings. The number of thiophene rings is 1. The van der Waals surface area contributed by atoms with Crippen molar-refractivity contribution in [1.29, 1.82) is 0 Å². The van der Waals surface area contributed by atoms with Crippen molar-refractivity contribution in [3.8, 4) is 0 Å². The zero-order valence-corrected chi connectivity index (χ0v) is 9.13. The molecule has 1 aromatic carbocycles. The third-order valence-electron chi connectivity index (χ3n) is 1.85. The van der Waals surface area contributed by atoms with E-state index in [1.54, 1.807) is 5.38 Å². The molecule has 0 spiro atoms. The topological polar surface area (TPSA) is 0 Å². The highest BCUT2D eigenvalue weighted by atomic mass is 79.9. The van der Waals surface area contributed by atoms with Crippen LogP contribution in [0, 0.1) is 0 Å². The van der Waals surface area contributed by atoms with Crippen molar-refractivity contribution < 1.29 is 13.2 Å². The first-order chi connectivity index (χ1) is 6.48. The summed E-state index contributed by atoms with van der Waals surface area (Å²) < 4.78 is 38.6. The number of hydrogen-bond donors (Lipinski definition) is 0. The average Bonchev–Trinajstić information content (AvgIpc) is 2.46. The number of halogens is 4. The van der Waals surface area contributed by atoms with Crippen LogP contribution in [-0.2, 0) is 6.18 Å². The zero-order valence-electron chi connectivity index (χ0n) is 6.73. The van der Waals surface area contributed by atoms with Gasteiger partial charge in [0.1, 0.15) is 0 Å². The van der Waals surface area contributed by atoms with E-state index in [9.17, 15) is 13.2 Å². The maximum Gasteiger partial charge on any atom is 0.416 e. The number of rotatable bonds is 0. The Morgan fingerprint density at radius 2 is 1.93 bits per heavy atom. The molecule has 0 atom stereocenters. The van der Waals surface area contributed by atoms with Crippen LogP contribution in [-0.4, -0.2) is 0 Å². The van der Waals surface area contributed by atoms with Crippen LogP contribution in [0.3, 0.4) is 0 Å². The fraction of sp³-hybridized carbons (Fsp3) is 0.111. The third-order valence-corrected chi connectivity index (χ3v) is 3.78. The van der Waals surface area contributed by atoms with Gasteiger partial charge in [0.25, 0.3) is 0 Å². The molecule has 1 aromatic heterocycles. The second-order valence-electron chi connectivity index (χ2n) is 2.79. The lowest BCUT2D eigenvalue weighted by atomic mass is 10.1. The van der Waals surface area contributed by atoms with Gasteiger partial charge in [-0.2, -0.15) is 13.2 Å². The van der Waals surface area contributed by atoms with E-state index in [4.69, 9.17) is 0 Å². The Hall–Kier alpha value is -0.550. The van der Waals surface area contributed by atoms with Gasteiger partial charge in [0.2, 0.25) is 0 Å². The standard InChI is InChI=1S/C9H4BrF3S/c10-7-4-14-8-2-1-5(3-6(7)8)9(11,12)13/h1-4H. The van der Waals surface area contributed by atoms with Crippen LogP contribution in [0.1, 0.15) is 5.56 Å². The Bertz CT molecular complexity index is 472. The van der Waals surface area contributed by atoms with Gasteiger partial charge in [-0.25, -0.2) is 0 Å². The second kappa shape index (κ2) is 3.24. The molecule has 0 radical (unpaired) electrons. The van der Waals surface area contributed by atoms with Crippen LogP contribution in [0.25, 0.3) is 10.1 Å². The Morgan fingerprint density at radius 3 is 2.57 bits per heavy atom. The molecule has 5 heteroatoms. The molecule has 0 saturated heterocycles. The molecule has 74 valence electrons. The van der Waals surface area contributed by atoms with Gasteiger partial charge < -0.3 is 0 Å². The number of benzene rings is 1. The Labute approximate surface area is 90.5 Å². The highest BCUT2D eigenvalue weighted by Gasteiger charge is 2.30. The first-order valence-corrected chi connectivity index (χ1v) is 5.40. The monoisotopic (exact) mass is 280 g/mol. The largest absolute Gasteiger partial charge is 0.416 e. The Balaban J connectivity index is 2.66. The quantitative estimate of drug-likeness (QED) is 0.657. The molecule has 0 saturated carbocycles. The van der Waals surface area contributed by atoms with E-state index in [1.165, 1.54) is 17.4 Å². The van der Waals surface area contributed by atoms with E-state index < -0.39 is 11.7 Å². The van der Waals surface area contributed by atoms with Crippen molar-refractivity contribution >= 4 is 37.4 Å². The van der Waals surface area contributed by atoms with Crippen molar-refractivity contribution in [3.05, 3.63) is 33.6 Å². The summed E-state index contributed by atoms with van der Waals surface area (Å²) in [6.07, 6.45) is -4.27. The van der Waals surface area contributed by atoms with E-state index >= 15 is 0 Å². The summed E-state index contributed by atoms with van der Waals surface area (Å²) in [5.74, 6) is 0. The predicted octanol–water partition coefficient (Wildman–Crippen LogP) is 4.68. The van der Waals surface area contributed by atoms with Gasteiger partial charge in [0.05, 0.1) is 5.56 Å². The van der Waals surface area contributed by atoms with Gasteiger partial charge >= 0.3 is 6.18 Å². The van der Waals surface area contributed by atoms with Crippen molar-refractivity contribution in [2.75, 3.05) is 0 Å². The number of fused-ring (bicyclic) bond motifs is 1. The molecule has 0 nitrogen and oxygen atoms in total. The summed E-state index contributed by atoms with van der Waals surface area (Å²) in [7, 11) is 0. The summed E-state index contributed by atoms with van der Waals surface area (Å²) >= 11 is 4.63. The Morgan fingerprint density at radius 1 is 1.21 bits per heavy atom. The Kier molecular flexibility index (Phi) is 2.31. The molecule has 0 N–H and O–H groups in total. The van der Waals surface area contributed by atoms with Crippen molar-refractivity contribution in [2.24, 2.45) is 0 Å². The zero-order chi connectivity index (χ0) is 10.3. The highest BCUT2D eigenvalue weighted by molar-refractivity contribution is 9.10. The molecule has 1 heterocycles. The molecule has 0 unspecified atom stereocenters. The van der Waals surface area contributed by atoms with Crippen LogP contribution in [0.5, 0.6) is 0 Å². The van der Waals surface area contributed by atoms with E-state index in [0.29, 0.717) is 9.86 Å². The molecule has 2 rings (SSSR count). The summed E-state index contributed by atoms with van der Waals surface area (Å²) in [6, 6.07) is 3.76. The molecule has 0 amide bonds. The van der Waals surface area contributed by atoms with Crippen molar-refractivity contribution in [2.45, 2.75) is 6.18 Å². The van der Waals surface area contributed by atoms with Crippen molar-refractivity contribution in [3.63, 3.8) is 0 Å². The van der Waals surface area contributed by atoms with Crippen molar-refractivity contribution in [1.82, 2.24) is 0 Å². The van der Waals surface area contributed by atoms with Crippen LogP contribution < -0.4 is 0 Å². The predicted molar refractivity (Wildman–Crippen MR) is 54.5 cm³/mol. The van der Waals surface area contributed by atoms with E-state index in [-0.39, 0.29) is 0 Å². The lowest BCUT2D eigenvalue weighted by Gasteiger charge is -2.05. The van der Waals surface area contributed by atoms with Gasteiger partial charge in [-0.3, -0.25) is 0 Å². The molecular weight excluding hydrogens is 277 g/mol. The smallest absolute Gasteiger partial charge is 0.166 e. The van der Waals surface area contributed by atoms with Gasteiger partial charge in [0.15, 0.2) is 0 Å². The van der Waals surface area contributed by atoms with E-state index in [2.05, 4.69) is 15.9 Å². The molecule has 14 heavy (non-hydrogen) atoms. The average molecular weight is 281 g/mol. The molecule has 0 aliphatic heterocycles. The SMILES string of the molecule is FC(F)(F)c1ccc2scc(Br)c2c1. The summed E-state index contributed by atoms with van der Waals surface area (Å²) in [5.41, 5.74) is -0.607. The van der Waals surface area contributed by atoms with Gasteiger partial charge in [0, 0.05) is 19.9 Å². The second-order valence-corrected chi connectivity index (χ2v) is 4.56. The van der Waals surface area contributed by atoms with Crippen LogP contribution in [0.2, 0.25) is 0 Å². The minimum absolute atomic E-state index is 0.607.